The first kappa shape index (κ1) is 18.6. The molecular weight excluding hydrogens is 376 g/mol. The van der Waals surface area contributed by atoms with Crippen molar-refractivity contribution in [1.82, 2.24) is 34.4 Å². The molecule has 3 aromatic heterocycles. The van der Waals surface area contributed by atoms with Gasteiger partial charge in [0.05, 0.1) is 11.4 Å². The molecule has 0 aliphatic carbocycles. The topological polar surface area (TPSA) is 75.3 Å². The molecule has 1 saturated heterocycles. The van der Waals surface area contributed by atoms with Crippen LogP contribution in [0.15, 0.2) is 48.8 Å². The number of aryl methyl sites for hydroxylation is 1. The number of aromatic nitrogens is 6. The number of rotatable bonds is 4. The van der Waals surface area contributed by atoms with Crippen LogP contribution < -0.4 is 4.90 Å². The molecule has 1 aromatic carbocycles. The largest absolute Gasteiger partial charge is 0.338 e. The van der Waals surface area contributed by atoms with Crippen LogP contribution in [0.1, 0.15) is 12.6 Å². The fourth-order valence-corrected chi connectivity index (χ4v) is 3.82. The van der Waals surface area contributed by atoms with E-state index in [9.17, 15) is 0 Å². The number of likely N-dealkylation sites (N-methyl/N-ethyl adjacent to an activating group) is 1. The van der Waals surface area contributed by atoms with Crippen molar-refractivity contribution >= 4 is 11.7 Å². The van der Waals surface area contributed by atoms with Crippen molar-refractivity contribution in [3.63, 3.8) is 0 Å². The van der Waals surface area contributed by atoms with E-state index in [0.29, 0.717) is 11.6 Å². The summed E-state index contributed by atoms with van der Waals surface area (Å²) in [6.45, 7) is 9.27. The number of benzene rings is 1. The van der Waals surface area contributed by atoms with Crippen LogP contribution in [0.5, 0.6) is 0 Å². The third kappa shape index (κ3) is 3.39. The van der Waals surface area contributed by atoms with Crippen LogP contribution in [-0.2, 0) is 0 Å². The second-order valence-corrected chi connectivity index (χ2v) is 7.43. The summed E-state index contributed by atoms with van der Waals surface area (Å²) in [7, 11) is 0. The molecule has 1 aliphatic heterocycles. The van der Waals surface area contributed by atoms with Crippen LogP contribution in [0.3, 0.4) is 0 Å². The van der Waals surface area contributed by atoms with Gasteiger partial charge in [-0.1, -0.05) is 37.3 Å². The van der Waals surface area contributed by atoms with Crippen LogP contribution in [0.25, 0.3) is 28.4 Å². The molecule has 0 unspecified atom stereocenters. The van der Waals surface area contributed by atoms with E-state index < -0.39 is 0 Å². The van der Waals surface area contributed by atoms with Crippen molar-refractivity contribution in [3.8, 4) is 22.6 Å². The molecule has 5 rings (SSSR count). The summed E-state index contributed by atoms with van der Waals surface area (Å²) >= 11 is 0. The first-order valence-electron chi connectivity index (χ1n) is 10.3. The summed E-state index contributed by atoms with van der Waals surface area (Å²) in [4.78, 5) is 23.2. The maximum Gasteiger partial charge on any atom is 0.252 e. The highest BCUT2D eigenvalue weighted by Crippen LogP contribution is 2.24. The van der Waals surface area contributed by atoms with E-state index in [4.69, 9.17) is 4.98 Å². The quantitative estimate of drug-likeness (QED) is 0.521. The van der Waals surface area contributed by atoms with Crippen molar-refractivity contribution in [2.24, 2.45) is 0 Å². The number of piperazine rings is 1. The van der Waals surface area contributed by atoms with Gasteiger partial charge < -0.3 is 9.80 Å². The van der Waals surface area contributed by atoms with Gasteiger partial charge in [0.15, 0.2) is 5.82 Å². The molecule has 0 amide bonds. The number of fused-ring (bicyclic) bond motifs is 1. The van der Waals surface area contributed by atoms with Gasteiger partial charge in [0.1, 0.15) is 0 Å². The molecule has 0 saturated carbocycles. The molecule has 0 spiro atoms. The molecule has 8 nitrogen and oxygen atoms in total. The Balaban J connectivity index is 1.48. The molecule has 0 radical (unpaired) electrons. The van der Waals surface area contributed by atoms with E-state index in [1.165, 1.54) is 0 Å². The lowest BCUT2D eigenvalue weighted by molar-refractivity contribution is 0.270. The van der Waals surface area contributed by atoms with Gasteiger partial charge in [-0.05, 0) is 19.5 Å². The minimum atomic E-state index is 0.583. The second kappa shape index (κ2) is 7.79. The monoisotopic (exact) mass is 400 g/mol. The van der Waals surface area contributed by atoms with E-state index in [0.717, 1.165) is 61.2 Å². The minimum Gasteiger partial charge on any atom is -0.338 e. The molecule has 0 bridgehead atoms. The SMILES string of the molecule is CCN1CCN(c2nccc(-c3cnc4nc(-c5ccccc5)nn4c3C)n2)CC1. The molecular formula is C22H24N8. The van der Waals surface area contributed by atoms with Crippen molar-refractivity contribution in [3.05, 3.63) is 54.5 Å². The minimum absolute atomic E-state index is 0.583. The van der Waals surface area contributed by atoms with Gasteiger partial charge in [0, 0.05) is 49.7 Å². The lowest BCUT2D eigenvalue weighted by atomic mass is 10.2. The number of hydrogen-bond donors (Lipinski definition) is 0. The first-order chi connectivity index (χ1) is 14.7. The number of anilines is 1. The van der Waals surface area contributed by atoms with Gasteiger partial charge in [0.25, 0.3) is 5.78 Å². The fraction of sp³-hybridized carbons (Fsp3) is 0.318. The van der Waals surface area contributed by atoms with E-state index in [1.807, 2.05) is 55.7 Å². The molecule has 1 fully saturated rings. The predicted molar refractivity (Wildman–Crippen MR) is 116 cm³/mol. The fourth-order valence-electron chi connectivity index (χ4n) is 3.82. The molecule has 0 N–H and O–H groups in total. The molecule has 4 heterocycles. The number of hydrogen-bond acceptors (Lipinski definition) is 7. The average Bonchev–Trinajstić information content (AvgIpc) is 3.26. The molecule has 1 aliphatic rings. The highest BCUT2D eigenvalue weighted by atomic mass is 15.3. The summed E-state index contributed by atoms with van der Waals surface area (Å²) < 4.78 is 1.79. The average molecular weight is 400 g/mol. The van der Waals surface area contributed by atoms with E-state index >= 15 is 0 Å². The molecule has 4 aromatic rings. The molecule has 0 atom stereocenters. The van der Waals surface area contributed by atoms with Gasteiger partial charge in [-0.3, -0.25) is 0 Å². The van der Waals surface area contributed by atoms with Gasteiger partial charge in [-0.15, -0.1) is 5.10 Å². The number of nitrogens with zero attached hydrogens (tertiary/aromatic N) is 8. The first-order valence-corrected chi connectivity index (χ1v) is 10.3. The van der Waals surface area contributed by atoms with E-state index in [-0.39, 0.29) is 0 Å². The maximum absolute atomic E-state index is 4.84. The Kier molecular flexibility index (Phi) is 4.84. The summed E-state index contributed by atoms with van der Waals surface area (Å²) in [5, 5.41) is 4.68. The zero-order valence-electron chi connectivity index (χ0n) is 17.2. The van der Waals surface area contributed by atoms with Gasteiger partial charge >= 0.3 is 0 Å². The van der Waals surface area contributed by atoms with Gasteiger partial charge in [-0.2, -0.15) is 4.98 Å². The van der Waals surface area contributed by atoms with E-state index in [1.54, 1.807) is 4.52 Å². The van der Waals surface area contributed by atoms with Crippen molar-refractivity contribution in [2.45, 2.75) is 13.8 Å². The Morgan fingerprint density at radius 1 is 0.933 bits per heavy atom. The van der Waals surface area contributed by atoms with Crippen LogP contribution >= 0.6 is 0 Å². The van der Waals surface area contributed by atoms with Crippen molar-refractivity contribution in [2.75, 3.05) is 37.6 Å². The lowest BCUT2D eigenvalue weighted by Gasteiger charge is -2.34. The van der Waals surface area contributed by atoms with Crippen LogP contribution in [-0.4, -0.2) is 67.2 Å². The van der Waals surface area contributed by atoms with E-state index in [2.05, 4.69) is 36.8 Å². The Morgan fingerprint density at radius 3 is 2.50 bits per heavy atom. The second-order valence-electron chi connectivity index (χ2n) is 7.43. The Hall–Kier alpha value is -3.39. The molecule has 30 heavy (non-hydrogen) atoms. The van der Waals surface area contributed by atoms with Gasteiger partial charge in [-0.25, -0.2) is 19.5 Å². The Morgan fingerprint density at radius 2 is 1.73 bits per heavy atom. The Bertz CT molecular complexity index is 1160. The smallest absolute Gasteiger partial charge is 0.252 e. The summed E-state index contributed by atoms with van der Waals surface area (Å²) in [5.41, 5.74) is 3.71. The standard InChI is InChI=1S/C22H24N8/c1-3-28-11-13-29(14-12-28)21-23-10-9-19(25-21)18-15-24-22-26-20(27-30(22)16(18)2)17-7-5-4-6-8-17/h4-10,15H,3,11-14H2,1-2H3. The zero-order valence-corrected chi connectivity index (χ0v) is 17.2. The highest BCUT2D eigenvalue weighted by molar-refractivity contribution is 5.64. The lowest BCUT2D eigenvalue weighted by Crippen LogP contribution is -2.46. The zero-order chi connectivity index (χ0) is 20.5. The van der Waals surface area contributed by atoms with Crippen LogP contribution in [0.4, 0.5) is 5.95 Å². The third-order valence-corrected chi connectivity index (χ3v) is 5.66. The summed E-state index contributed by atoms with van der Waals surface area (Å²) in [6, 6.07) is 11.9. The highest BCUT2D eigenvalue weighted by Gasteiger charge is 2.19. The van der Waals surface area contributed by atoms with Crippen LogP contribution in [0, 0.1) is 6.92 Å². The van der Waals surface area contributed by atoms with Crippen molar-refractivity contribution < 1.29 is 0 Å². The molecule has 152 valence electrons. The predicted octanol–water partition coefficient (Wildman–Crippen LogP) is 2.70. The third-order valence-electron chi connectivity index (χ3n) is 5.66. The Labute approximate surface area is 175 Å². The van der Waals surface area contributed by atoms with Crippen LogP contribution in [0.2, 0.25) is 0 Å². The normalized spacial score (nSPS) is 15.1. The van der Waals surface area contributed by atoms with Gasteiger partial charge in [0.2, 0.25) is 5.95 Å². The summed E-state index contributed by atoms with van der Waals surface area (Å²) in [5.74, 6) is 2.02. The molecule has 8 heteroatoms. The maximum atomic E-state index is 4.84. The summed E-state index contributed by atoms with van der Waals surface area (Å²) in [6.07, 6.45) is 3.65. The van der Waals surface area contributed by atoms with Crippen molar-refractivity contribution in [1.29, 1.82) is 0 Å².